The van der Waals surface area contributed by atoms with Crippen molar-refractivity contribution in [2.45, 2.75) is 12.8 Å². The van der Waals surface area contributed by atoms with Crippen LogP contribution in [0.4, 0.5) is 0 Å². The molecule has 4 rings (SSSR count). The Bertz CT molecular complexity index is 779. The van der Waals surface area contributed by atoms with Gasteiger partial charge in [-0.3, -0.25) is 0 Å². The summed E-state index contributed by atoms with van der Waals surface area (Å²) in [7, 11) is 0. The van der Waals surface area contributed by atoms with Crippen molar-refractivity contribution < 1.29 is 4.52 Å². The number of benzene rings is 1. The summed E-state index contributed by atoms with van der Waals surface area (Å²) in [5.41, 5.74) is 1.69. The number of rotatable bonds is 3. The predicted molar refractivity (Wildman–Crippen MR) is 79.8 cm³/mol. The Balaban J connectivity index is 1.67. The van der Waals surface area contributed by atoms with Crippen molar-refractivity contribution in [1.29, 1.82) is 0 Å². The van der Waals surface area contributed by atoms with E-state index >= 15 is 0 Å². The normalized spacial score (nSPS) is 16.8. The first-order chi connectivity index (χ1) is 10.3. The number of aromatic nitrogens is 3. The summed E-state index contributed by atoms with van der Waals surface area (Å²) in [4.78, 5) is 9.12. The molecule has 0 radical (unpaired) electrons. The van der Waals surface area contributed by atoms with Gasteiger partial charge < -0.3 is 9.84 Å². The smallest absolute Gasteiger partial charge is 0.230 e. The lowest BCUT2D eigenvalue weighted by Crippen LogP contribution is -2.44. The van der Waals surface area contributed by atoms with Crippen LogP contribution in [0, 0.1) is 5.92 Å². The van der Waals surface area contributed by atoms with Crippen molar-refractivity contribution in [1.82, 2.24) is 20.4 Å². The maximum Gasteiger partial charge on any atom is 0.230 e. The third kappa shape index (κ3) is 2.19. The fourth-order valence-electron chi connectivity index (χ4n) is 2.58. The predicted octanol–water partition coefficient (Wildman–Crippen LogP) is 2.61. The molecule has 5 heteroatoms. The summed E-state index contributed by atoms with van der Waals surface area (Å²) >= 11 is 0. The highest BCUT2D eigenvalue weighted by Gasteiger charge is 2.29. The third-order valence-electron chi connectivity index (χ3n) is 4.18. The van der Waals surface area contributed by atoms with Gasteiger partial charge in [-0.05, 0) is 31.1 Å². The topological polar surface area (TPSA) is 63.8 Å². The molecule has 2 aromatic heterocycles. The molecule has 1 aliphatic rings. The molecule has 3 heterocycles. The van der Waals surface area contributed by atoms with Crippen LogP contribution in [0.3, 0.4) is 0 Å². The molecule has 1 unspecified atom stereocenters. The number of nitrogens with zero attached hydrogens (tertiary/aromatic N) is 3. The fraction of sp³-hybridized carbons (Fsp3) is 0.312. The maximum atomic E-state index is 5.42. The van der Waals surface area contributed by atoms with Gasteiger partial charge in [0.15, 0.2) is 0 Å². The molecule has 1 fully saturated rings. The van der Waals surface area contributed by atoms with Crippen molar-refractivity contribution in [3.63, 3.8) is 0 Å². The number of pyridine rings is 1. The molecule has 0 amide bonds. The molecule has 0 spiro atoms. The maximum absolute atomic E-state index is 5.42. The molecule has 1 N–H and O–H groups in total. The van der Waals surface area contributed by atoms with E-state index in [0.717, 1.165) is 29.7 Å². The van der Waals surface area contributed by atoms with Crippen LogP contribution in [0.1, 0.15) is 18.7 Å². The molecule has 0 bridgehead atoms. The van der Waals surface area contributed by atoms with E-state index in [1.807, 2.05) is 36.4 Å². The first-order valence-corrected chi connectivity index (χ1v) is 7.22. The lowest BCUT2D eigenvalue weighted by atomic mass is 9.89. The van der Waals surface area contributed by atoms with Crippen LogP contribution in [0.5, 0.6) is 0 Å². The number of fused-ring (bicyclic) bond motifs is 1. The largest absolute Gasteiger partial charge is 0.339 e. The Kier molecular flexibility index (Phi) is 2.93. The van der Waals surface area contributed by atoms with Crippen molar-refractivity contribution in [2.75, 3.05) is 13.1 Å². The van der Waals surface area contributed by atoms with Crippen LogP contribution in [-0.4, -0.2) is 28.2 Å². The standard InChI is InChI=1S/C16H16N4O/c1-10(12-8-17-9-12)16-19-15(20-21-16)14-7-6-11-4-2-3-5-13(11)18-14/h2-7,10,12,17H,8-9H2,1H3. The number of nitrogens with one attached hydrogen (secondary N) is 1. The summed E-state index contributed by atoms with van der Waals surface area (Å²) in [5, 5.41) is 8.46. The van der Waals surface area contributed by atoms with E-state index in [1.54, 1.807) is 0 Å². The molecule has 5 nitrogen and oxygen atoms in total. The number of hydrogen-bond acceptors (Lipinski definition) is 5. The Hall–Kier alpha value is -2.27. The van der Waals surface area contributed by atoms with Crippen LogP contribution in [0.25, 0.3) is 22.4 Å². The lowest BCUT2D eigenvalue weighted by molar-refractivity contribution is 0.252. The lowest BCUT2D eigenvalue weighted by Gasteiger charge is -2.30. The van der Waals surface area contributed by atoms with Gasteiger partial charge in [-0.15, -0.1) is 0 Å². The zero-order chi connectivity index (χ0) is 14.2. The molecule has 21 heavy (non-hydrogen) atoms. The van der Waals surface area contributed by atoms with E-state index in [9.17, 15) is 0 Å². The van der Waals surface area contributed by atoms with Gasteiger partial charge in [-0.2, -0.15) is 4.98 Å². The average molecular weight is 280 g/mol. The summed E-state index contributed by atoms with van der Waals surface area (Å²) in [6.07, 6.45) is 0. The highest BCUT2D eigenvalue weighted by atomic mass is 16.5. The van der Waals surface area contributed by atoms with Gasteiger partial charge >= 0.3 is 0 Å². The zero-order valence-electron chi connectivity index (χ0n) is 11.8. The van der Waals surface area contributed by atoms with Crippen molar-refractivity contribution in [3.8, 4) is 11.5 Å². The molecule has 1 aromatic carbocycles. The molecule has 0 saturated carbocycles. The second-order valence-corrected chi connectivity index (χ2v) is 5.55. The molecule has 1 saturated heterocycles. The first kappa shape index (κ1) is 12.5. The van der Waals surface area contributed by atoms with Gasteiger partial charge in [0.05, 0.1) is 5.52 Å². The van der Waals surface area contributed by atoms with Crippen molar-refractivity contribution in [3.05, 3.63) is 42.3 Å². The van der Waals surface area contributed by atoms with Gasteiger partial charge in [0.25, 0.3) is 0 Å². The molecular formula is C16H16N4O. The second kappa shape index (κ2) is 4.93. The third-order valence-corrected chi connectivity index (χ3v) is 4.18. The Morgan fingerprint density at radius 2 is 2.00 bits per heavy atom. The average Bonchev–Trinajstić information content (AvgIpc) is 2.95. The molecular weight excluding hydrogens is 264 g/mol. The molecule has 1 atom stereocenters. The van der Waals surface area contributed by atoms with Crippen LogP contribution < -0.4 is 5.32 Å². The Morgan fingerprint density at radius 3 is 2.81 bits per heavy atom. The van der Waals surface area contributed by atoms with Crippen molar-refractivity contribution in [2.24, 2.45) is 5.92 Å². The van der Waals surface area contributed by atoms with Crippen LogP contribution in [-0.2, 0) is 0 Å². The highest BCUT2D eigenvalue weighted by Crippen LogP contribution is 2.27. The Morgan fingerprint density at radius 1 is 1.14 bits per heavy atom. The van der Waals surface area contributed by atoms with Crippen LogP contribution in [0.15, 0.2) is 40.9 Å². The molecule has 106 valence electrons. The molecule has 1 aliphatic heterocycles. The van der Waals surface area contributed by atoms with E-state index in [4.69, 9.17) is 4.52 Å². The van der Waals surface area contributed by atoms with E-state index in [0.29, 0.717) is 17.6 Å². The van der Waals surface area contributed by atoms with Gasteiger partial charge in [0.2, 0.25) is 11.7 Å². The molecule has 0 aliphatic carbocycles. The summed E-state index contributed by atoms with van der Waals surface area (Å²) in [6, 6.07) is 12.0. The highest BCUT2D eigenvalue weighted by molar-refractivity contribution is 5.80. The van der Waals surface area contributed by atoms with Gasteiger partial charge in [-0.25, -0.2) is 4.98 Å². The number of hydrogen-bond donors (Lipinski definition) is 1. The summed E-state index contributed by atoms with van der Waals surface area (Å²) < 4.78 is 5.42. The zero-order valence-corrected chi connectivity index (χ0v) is 11.8. The van der Waals surface area contributed by atoms with Crippen LogP contribution >= 0.6 is 0 Å². The minimum atomic E-state index is 0.285. The summed E-state index contributed by atoms with van der Waals surface area (Å²) in [5.74, 6) is 2.14. The van der Waals surface area contributed by atoms with E-state index in [-0.39, 0.29) is 5.92 Å². The van der Waals surface area contributed by atoms with E-state index < -0.39 is 0 Å². The van der Waals surface area contributed by atoms with E-state index in [1.165, 1.54) is 0 Å². The van der Waals surface area contributed by atoms with Crippen LogP contribution in [0.2, 0.25) is 0 Å². The summed E-state index contributed by atoms with van der Waals surface area (Å²) in [6.45, 7) is 4.18. The monoisotopic (exact) mass is 280 g/mol. The van der Waals surface area contributed by atoms with Gasteiger partial charge in [-0.1, -0.05) is 36.3 Å². The molecule has 3 aromatic rings. The fourth-order valence-corrected chi connectivity index (χ4v) is 2.58. The quantitative estimate of drug-likeness (QED) is 0.799. The Labute approximate surface area is 122 Å². The van der Waals surface area contributed by atoms with E-state index in [2.05, 4.69) is 27.4 Å². The SMILES string of the molecule is CC(c1nc(-c2ccc3ccccc3n2)no1)C1CNC1. The van der Waals surface area contributed by atoms with Gasteiger partial charge in [0, 0.05) is 11.3 Å². The minimum Gasteiger partial charge on any atom is -0.339 e. The first-order valence-electron chi connectivity index (χ1n) is 7.22. The number of para-hydroxylation sites is 1. The van der Waals surface area contributed by atoms with Crippen molar-refractivity contribution >= 4 is 10.9 Å². The minimum absolute atomic E-state index is 0.285. The second-order valence-electron chi connectivity index (χ2n) is 5.55. The van der Waals surface area contributed by atoms with Gasteiger partial charge in [0.1, 0.15) is 5.69 Å².